The van der Waals surface area contributed by atoms with Crippen LogP contribution in [0.5, 0.6) is 5.75 Å². The topological polar surface area (TPSA) is 63.9 Å². The van der Waals surface area contributed by atoms with Gasteiger partial charge in [-0.2, -0.15) is 4.98 Å². The molecule has 3 aromatic rings. The van der Waals surface area contributed by atoms with Crippen molar-refractivity contribution < 1.29 is 9.26 Å². The van der Waals surface area contributed by atoms with Gasteiger partial charge in [-0.05, 0) is 50.2 Å². The van der Waals surface area contributed by atoms with Crippen LogP contribution in [0, 0.1) is 0 Å². The Labute approximate surface area is 116 Å². The number of ether oxygens (including phenoxy) is 1. The molecule has 0 aliphatic carbocycles. The third-order valence-electron chi connectivity index (χ3n) is 2.74. The van der Waals surface area contributed by atoms with Gasteiger partial charge in [0.05, 0.1) is 6.10 Å². The molecule has 0 amide bonds. The first kappa shape index (κ1) is 12.5. The Hall–Kier alpha value is -2.56. The highest BCUT2D eigenvalue weighted by Crippen LogP contribution is 2.23. The molecule has 0 saturated heterocycles. The molecule has 0 spiro atoms. The summed E-state index contributed by atoms with van der Waals surface area (Å²) in [5, 5.41) is 3.99. The molecule has 0 aliphatic heterocycles. The van der Waals surface area contributed by atoms with E-state index in [1.165, 1.54) is 0 Å². The molecule has 0 atom stereocenters. The normalized spacial score (nSPS) is 10.9. The van der Waals surface area contributed by atoms with Crippen molar-refractivity contribution in [2.75, 3.05) is 0 Å². The highest BCUT2D eigenvalue weighted by Gasteiger charge is 2.11. The first-order valence-corrected chi connectivity index (χ1v) is 6.47. The molecule has 1 N–H and O–H groups in total. The number of H-pyrrole nitrogens is 1. The number of aromatic nitrogens is 3. The third kappa shape index (κ3) is 2.56. The van der Waals surface area contributed by atoms with Crippen molar-refractivity contribution in [3.63, 3.8) is 0 Å². The maximum atomic E-state index is 5.60. The lowest BCUT2D eigenvalue weighted by atomic mass is 10.2. The molecule has 0 saturated carbocycles. The van der Waals surface area contributed by atoms with E-state index < -0.39 is 0 Å². The Morgan fingerprint density at radius 2 is 1.95 bits per heavy atom. The zero-order valence-electron chi connectivity index (χ0n) is 11.3. The second kappa shape index (κ2) is 5.21. The van der Waals surface area contributed by atoms with Gasteiger partial charge >= 0.3 is 0 Å². The molecule has 2 heterocycles. The molecule has 2 aromatic heterocycles. The number of aromatic amines is 1. The van der Waals surface area contributed by atoms with Gasteiger partial charge in [0.15, 0.2) is 0 Å². The van der Waals surface area contributed by atoms with Crippen LogP contribution in [0.15, 0.2) is 47.1 Å². The highest BCUT2D eigenvalue weighted by atomic mass is 16.5. The van der Waals surface area contributed by atoms with Gasteiger partial charge in [-0.3, -0.25) is 0 Å². The van der Waals surface area contributed by atoms with Gasteiger partial charge in [-0.1, -0.05) is 5.16 Å². The second-order valence-corrected chi connectivity index (χ2v) is 4.70. The second-order valence-electron chi connectivity index (χ2n) is 4.70. The van der Waals surface area contributed by atoms with Crippen molar-refractivity contribution in [1.82, 2.24) is 15.1 Å². The maximum absolute atomic E-state index is 5.60. The Morgan fingerprint density at radius 1 is 1.15 bits per heavy atom. The summed E-state index contributed by atoms with van der Waals surface area (Å²) in [5.74, 6) is 1.87. The highest BCUT2D eigenvalue weighted by molar-refractivity contribution is 5.58. The molecule has 0 fully saturated rings. The zero-order chi connectivity index (χ0) is 13.9. The van der Waals surface area contributed by atoms with Gasteiger partial charge in [0.1, 0.15) is 11.4 Å². The SMILES string of the molecule is CC(C)Oc1ccc(-c2noc(-c3ccc[nH]3)n2)cc1. The quantitative estimate of drug-likeness (QED) is 0.787. The third-order valence-corrected chi connectivity index (χ3v) is 2.74. The monoisotopic (exact) mass is 269 g/mol. The largest absolute Gasteiger partial charge is 0.491 e. The van der Waals surface area contributed by atoms with Gasteiger partial charge < -0.3 is 14.2 Å². The maximum Gasteiger partial charge on any atom is 0.274 e. The molecule has 3 rings (SSSR count). The minimum atomic E-state index is 0.158. The van der Waals surface area contributed by atoms with E-state index >= 15 is 0 Å². The van der Waals surface area contributed by atoms with Crippen LogP contribution in [-0.2, 0) is 0 Å². The lowest BCUT2D eigenvalue weighted by Gasteiger charge is -2.09. The van der Waals surface area contributed by atoms with Crippen LogP contribution in [0.3, 0.4) is 0 Å². The molecule has 5 heteroatoms. The fourth-order valence-corrected chi connectivity index (χ4v) is 1.87. The van der Waals surface area contributed by atoms with Crippen LogP contribution in [0.4, 0.5) is 0 Å². The molecule has 102 valence electrons. The van der Waals surface area contributed by atoms with Crippen LogP contribution in [0.1, 0.15) is 13.8 Å². The summed E-state index contributed by atoms with van der Waals surface area (Å²) in [6, 6.07) is 11.4. The van der Waals surface area contributed by atoms with E-state index in [1.807, 2.05) is 56.4 Å². The minimum absolute atomic E-state index is 0.158. The standard InChI is InChI=1S/C15H15N3O2/c1-10(2)19-12-7-5-11(6-8-12)14-17-15(20-18-14)13-4-3-9-16-13/h3-10,16H,1-2H3. The van der Waals surface area contributed by atoms with Gasteiger partial charge in [0, 0.05) is 11.8 Å². The first-order valence-electron chi connectivity index (χ1n) is 6.47. The van der Waals surface area contributed by atoms with E-state index in [4.69, 9.17) is 9.26 Å². The van der Waals surface area contributed by atoms with Crippen LogP contribution in [-0.4, -0.2) is 21.2 Å². The van der Waals surface area contributed by atoms with Crippen molar-refractivity contribution in [1.29, 1.82) is 0 Å². The number of hydrogen-bond donors (Lipinski definition) is 1. The first-order chi connectivity index (χ1) is 9.72. The summed E-state index contributed by atoms with van der Waals surface area (Å²) in [4.78, 5) is 7.40. The molecule has 0 aliphatic rings. The average molecular weight is 269 g/mol. The summed E-state index contributed by atoms with van der Waals surface area (Å²) in [7, 11) is 0. The van der Waals surface area contributed by atoms with E-state index in [0.717, 1.165) is 17.0 Å². The van der Waals surface area contributed by atoms with Gasteiger partial charge in [0.25, 0.3) is 5.89 Å². The van der Waals surface area contributed by atoms with Crippen molar-refractivity contribution in [2.45, 2.75) is 20.0 Å². The summed E-state index contributed by atoms with van der Waals surface area (Å²) in [5.41, 5.74) is 1.70. The predicted octanol–water partition coefficient (Wildman–Crippen LogP) is 3.52. The van der Waals surface area contributed by atoms with E-state index in [1.54, 1.807) is 0 Å². The summed E-state index contributed by atoms with van der Waals surface area (Å²) in [6.07, 6.45) is 1.97. The number of nitrogens with one attached hydrogen (secondary N) is 1. The molecule has 0 bridgehead atoms. The lowest BCUT2D eigenvalue weighted by Crippen LogP contribution is -2.05. The van der Waals surface area contributed by atoms with Crippen LogP contribution >= 0.6 is 0 Å². The number of nitrogens with zero attached hydrogens (tertiary/aromatic N) is 2. The lowest BCUT2D eigenvalue weighted by molar-refractivity contribution is 0.242. The molecule has 20 heavy (non-hydrogen) atoms. The van der Waals surface area contributed by atoms with Gasteiger partial charge in [-0.25, -0.2) is 0 Å². The summed E-state index contributed by atoms with van der Waals surface area (Å²) in [6.45, 7) is 3.99. The number of benzene rings is 1. The Morgan fingerprint density at radius 3 is 2.60 bits per heavy atom. The van der Waals surface area contributed by atoms with Crippen molar-refractivity contribution in [2.24, 2.45) is 0 Å². The Balaban J connectivity index is 1.83. The molecule has 1 aromatic carbocycles. The Kier molecular flexibility index (Phi) is 3.25. The molecule has 0 unspecified atom stereocenters. The number of hydrogen-bond acceptors (Lipinski definition) is 4. The van der Waals surface area contributed by atoms with Crippen molar-refractivity contribution in [3.8, 4) is 28.7 Å². The molecule has 5 nitrogen and oxygen atoms in total. The zero-order valence-corrected chi connectivity index (χ0v) is 11.3. The predicted molar refractivity (Wildman–Crippen MR) is 75.3 cm³/mol. The minimum Gasteiger partial charge on any atom is -0.491 e. The fourth-order valence-electron chi connectivity index (χ4n) is 1.87. The van der Waals surface area contributed by atoms with E-state index in [2.05, 4.69) is 15.1 Å². The summed E-state index contributed by atoms with van der Waals surface area (Å²) >= 11 is 0. The summed E-state index contributed by atoms with van der Waals surface area (Å²) < 4.78 is 10.8. The van der Waals surface area contributed by atoms with E-state index in [9.17, 15) is 0 Å². The molecule has 0 radical (unpaired) electrons. The number of rotatable bonds is 4. The molecular weight excluding hydrogens is 254 g/mol. The van der Waals surface area contributed by atoms with Crippen LogP contribution in [0.2, 0.25) is 0 Å². The average Bonchev–Trinajstić information content (AvgIpc) is 3.10. The van der Waals surface area contributed by atoms with E-state index in [0.29, 0.717) is 11.7 Å². The van der Waals surface area contributed by atoms with Crippen molar-refractivity contribution in [3.05, 3.63) is 42.6 Å². The van der Waals surface area contributed by atoms with Crippen molar-refractivity contribution >= 4 is 0 Å². The Bertz CT molecular complexity index is 669. The fraction of sp³-hybridized carbons (Fsp3) is 0.200. The smallest absolute Gasteiger partial charge is 0.274 e. The van der Waals surface area contributed by atoms with Crippen LogP contribution < -0.4 is 4.74 Å². The molecular formula is C15H15N3O2. The van der Waals surface area contributed by atoms with E-state index in [-0.39, 0.29) is 6.10 Å². The van der Waals surface area contributed by atoms with Gasteiger partial charge in [-0.15, -0.1) is 0 Å². The van der Waals surface area contributed by atoms with Gasteiger partial charge in [0.2, 0.25) is 5.82 Å². The van der Waals surface area contributed by atoms with Crippen LogP contribution in [0.25, 0.3) is 23.0 Å².